The van der Waals surface area contributed by atoms with Crippen LogP contribution in [0.5, 0.6) is 0 Å². The van der Waals surface area contributed by atoms with E-state index in [0.717, 1.165) is 159 Å². The van der Waals surface area contributed by atoms with Gasteiger partial charge in [0.15, 0.2) is 0 Å². The number of carbonyl (C=O) groups excluding carboxylic acids is 7. The van der Waals surface area contributed by atoms with E-state index in [1.165, 1.54) is 25.7 Å². The van der Waals surface area contributed by atoms with E-state index in [9.17, 15) is 33.6 Å². The molecule has 109 heavy (non-hydrogen) atoms. The van der Waals surface area contributed by atoms with Crippen LogP contribution in [0.15, 0.2) is 50.1 Å². The molecule has 0 radical (unpaired) electrons. The molecule has 0 bridgehead atoms. The summed E-state index contributed by atoms with van der Waals surface area (Å²) in [7, 11) is 0. The van der Waals surface area contributed by atoms with Crippen LogP contribution in [0.1, 0.15) is 402 Å². The zero-order valence-corrected chi connectivity index (χ0v) is 78.2. The van der Waals surface area contributed by atoms with Crippen LogP contribution in [0.3, 0.4) is 0 Å². The van der Waals surface area contributed by atoms with Gasteiger partial charge >= 0.3 is 0 Å². The van der Waals surface area contributed by atoms with Crippen molar-refractivity contribution in [3.05, 3.63) is 50.1 Å². The van der Waals surface area contributed by atoms with E-state index < -0.39 is 0 Å². The third-order valence-electron chi connectivity index (χ3n) is 18.3. The minimum absolute atomic E-state index is 0.0444. The first kappa shape index (κ1) is 115. The number of amides is 7. The maximum Gasteiger partial charge on any atom is 0.223 e. The van der Waals surface area contributed by atoms with Crippen molar-refractivity contribution in [1.29, 1.82) is 0 Å². The van der Waals surface area contributed by atoms with E-state index in [0.29, 0.717) is 5.92 Å². The van der Waals surface area contributed by atoms with E-state index in [2.05, 4.69) is 188 Å². The van der Waals surface area contributed by atoms with Gasteiger partial charge in [0, 0.05) is 83.7 Å². The topological polar surface area (TPSA) is 204 Å². The molecule has 1 aliphatic rings. The monoisotopic (exact) mass is 1540 g/mol. The molecular formula is C95H187N7O7. The fourth-order valence-electron chi connectivity index (χ4n) is 13.1. The van der Waals surface area contributed by atoms with Gasteiger partial charge in [0.1, 0.15) is 0 Å². The van der Waals surface area contributed by atoms with Crippen molar-refractivity contribution in [2.75, 3.05) is 0 Å². The number of carbonyl (C=O) groups is 7. The Hall–Kier alpha value is -4.75. The predicted molar refractivity (Wildman–Crippen MR) is 476 cm³/mol. The van der Waals surface area contributed by atoms with Crippen molar-refractivity contribution >= 4 is 41.4 Å². The number of unbranched alkanes of at least 4 members (excludes halogenated alkanes) is 4. The first-order chi connectivity index (χ1) is 50.1. The van der Waals surface area contributed by atoms with Crippen molar-refractivity contribution in [2.24, 2.45) is 74.9 Å². The van der Waals surface area contributed by atoms with Crippen molar-refractivity contribution in [3.8, 4) is 0 Å². The Labute approximate surface area is 677 Å². The number of rotatable bonds is 43. The van der Waals surface area contributed by atoms with E-state index in [1.54, 1.807) is 0 Å². The van der Waals surface area contributed by atoms with E-state index in [4.69, 9.17) is 0 Å². The summed E-state index contributed by atoms with van der Waals surface area (Å²) in [5, 5.41) is 21.1. The maximum absolute atomic E-state index is 12.1. The van der Waals surface area contributed by atoms with Crippen LogP contribution < -0.4 is 37.2 Å². The summed E-state index contributed by atoms with van der Waals surface area (Å²) in [5.74, 6) is 3.74. The number of hydrogen-bond acceptors (Lipinski definition) is 7. The fraction of sp³-hybridized carbons (Fsp3) is 0.842. The molecule has 7 amide bonds. The lowest BCUT2D eigenvalue weighted by molar-refractivity contribution is -0.129. The standard InChI is InChI=1S/C15H27NO.2C14H29NO.C14H27NO.C13H27NO.C13H23NO.C12H25NO/c1-4-5-10-14(15(17)16-12(2)3)11-13-8-6-7-9-13;3*1-7-8-9-12(10-14(4,5)6)13(16)15-11(2)3;1-7-8-9-11(13(4,5)6)12(15)14-10(2)3;1-6-7-8-12(9-10(2)3)13(15)14-11(4)5;1-6-7-8-11(9(2)3)12(14)13-10(4)5/h4,12-14H,1,5-11H2,2-3H3,(H,16,17);2*11-12H,7-10H2,1-6H3,(H,15,16);7,11-12H,1,8-10H2,2-6H3,(H,15,16);10-11H,7-9H2,1-6H3,(H,14,15);6,11-12H,1-2,7-9H2,3-5H3,(H,14,15);9-11H,6-8H2,1-5H3,(H,13,14). The van der Waals surface area contributed by atoms with Gasteiger partial charge in [0.05, 0.1) is 0 Å². The van der Waals surface area contributed by atoms with Crippen molar-refractivity contribution in [2.45, 2.75) is 444 Å². The fourth-order valence-corrected chi connectivity index (χ4v) is 13.1. The van der Waals surface area contributed by atoms with Gasteiger partial charge in [-0.15, -0.1) is 26.3 Å². The molecule has 14 heteroatoms. The maximum atomic E-state index is 12.1. The van der Waals surface area contributed by atoms with E-state index in [-0.39, 0.29) is 147 Å². The van der Waals surface area contributed by atoms with Crippen molar-refractivity contribution in [3.63, 3.8) is 0 Å². The Balaban J connectivity index is -0.000000284. The predicted octanol–water partition coefficient (Wildman–Crippen LogP) is 24.1. The number of hydrogen-bond donors (Lipinski definition) is 7. The van der Waals surface area contributed by atoms with Gasteiger partial charge in [0.2, 0.25) is 41.4 Å². The SMILES string of the molecule is C=CCCC(CC(=C)C)C(=O)NC(C)C.C=CCCC(CC(C)(C)C)C(=O)NC(C)C.C=CCCC(CC1CCCC1)C(=O)NC(C)C.CCCCC(C(=O)NC(C)C)C(C)(C)C.CCCCC(C(=O)NC(C)C)C(C)C.CCCCC(CC(C)(C)C)C(=O)NC(C)C.CCCCC(CC(C)(C)C)C(=O)NC(C)C. The van der Waals surface area contributed by atoms with Crippen LogP contribution in [0.25, 0.3) is 0 Å². The summed E-state index contributed by atoms with van der Waals surface area (Å²) in [5.41, 5.74) is 1.77. The molecule has 1 fully saturated rings. The highest BCUT2D eigenvalue weighted by molar-refractivity contribution is 5.82. The summed E-state index contributed by atoms with van der Waals surface area (Å²) < 4.78 is 0. The van der Waals surface area contributed by atoms with Gasteiger partial charge in [-0.1, -0.05) is 225 Å². The van der Waals surface area contributed by atoms with Crippen LogP contribution in [0.4, 0.5) is 0 Å². The molecule has 0 aromatic carbocycles. The molecule has 7 unspecified atom stereocenters. The zero-order chi connectivity index (χ0) is 86.0. The second-order valence-corrected chi connectivity index (χ2v) is 38.9. The molecule has 1 saturated carbocycles. The molecule has 1 rings (SSSR count). The first-order valence-electron chi connectivity index (χ1n) is 43.7. The highest BCUT2D eigenvalue weighted by Gasteiger charge is 2.32. The van der Waals surface area contributed by atoms with Gasteiger partial charge < -0.3 is 37.2 Å². The highest BCUT2D eigenvalue weighted by atomic mass is 16.2. The average Bonchev–Trinajstić information content (AvgIpc) is 1.55. The molecule has 0 saturated heterocycles. The Morgan fingerprint density at radius 1 is 0.358 bits per heavy atom. The number of allylic oxidation sites excluding steroid dienone is 4. The quantitative estimate of drug-likeness (QED) is 0.0294. The second kappa shape index (κ2) is 65.6. The lowest BCUT2D eigenvalue weighted by Gasteiger charge is -2.30. The Bertz CT molecular complexity index is 2330. The van der Waals surface area contributed by atoms with E-state index >= 15 is 0 Å². The van der Waals surface area contributed by atoms with Gasteiger partial charge in [-0.3, -0.25) is 33.6 Å². The third kappa shape index (κ3) is 74.4. The molecule has 0 aromatic rings. The van der Waals surface area contributed by atoms with Gasteiger partial charge in [-0.25, -0.2) is 0 Å². The molecule has 0 aliphatic heterocycles. The summed E-state index contributed by atoms with van der Waals surface area (Å²) >= 11 is 0. The molecule has 0 heterocycles. The van der Waals surface area contributed by atoms with Crippen LogP contribution in [-0.4, -0.2) is 83.6 Å². The summed E-state index contributed by atoms with van der Waals surface area (Å²) in [6.45, 7) is 84.2. The molecule has 7 N–H and O–H groups in total. The number of nitrogens with one attached hydrogen (secondary N) is 7. The minimum Gasteiger partial charge on any atom is -0.354 e. The normalized spacial score (nSPS) is 14.3. The molecule has 0 aromatic heterocycles. The Morgan fingerprint density at radius 3 is 0.890 bits per heavy atom. The molecule has 7 atom stereocenters. The second-order valence-electron chi connectivity index (χ2n) is 38.9. The first-order valence-corrected chi connectivity index (χ1v) is 43.7. The smallest absolute Gasteiger partial charge is 0.223 e. The lowest BCUT2D eigenvalue weighted by Crippen LogP contribution is -2.41. The Morgan fingerprint density at radius 2 is 0.615 bits per heavy atom. The van der Waals surface area contributed by atoms with Crippen LogP contribution in [0.2, 0.25) is 0 Å². The van der Waals surface area contributed by atoms with Crippen LogP contribution in [-0.2, 0) is 33.6 Å². The lowest BCUT2D eigenvalue weighted by atomic mass is 9.77. The molecule has 14 nitrogen and oxygen atoms in total. The van der Waals surface area contributed by atoms with Gasteiger partial charge in [-0.2, -0.15) is 0 Å². The van der Waals surface area contributed by atoms with E-state index in [1.807, 2.05) is 122 Å². The molecular weight excluding hydrogens is 1350 g/mol. The van der Waals surface area contributed by atoms with Gasteiger partial charge in [0.25, 0.3) is 0 Å². The van der Waals surface area contributed by atoms with Crippen LogP contribution >= 0.6 is 0 Å². The molecule has 1 aliphatic carbocycles. The summed E-state index contributed by atoms with van der Waals surface area (Å²) in [4.78, 5) is 83.7. The zero-order valence-electron chi connectivity index (χ0n) is 78.2. The average molecular weight is 1540 g/mol. The highest BCUT2D eigenvalue weighted by Crippen LogP contribution is 2.34. The van der Waals surface area contributed by atoms with Crippen LogP contribution in [0, 0.1) is 74.9 Å². The van der Waals surface area contributed by atoms with Gasteiger partial charge in [-0.05, 0) is 234 Å². The minimum atomic E-state index is 0.0444. The molecule has 644 valence electrons. The van der Waals surface area contributed by atoms with Crippen molar-refractivity contribution < 1.29 is 33.6 Å². The van der Waals surface area contributed by atoms with Crippen molar-refractivity contribution in [1.82, 2.24) is 37.2 Å². The third-order valence-corrected chi connectivity index (χ3v) is 18.3. The largest absolute Gasteiger partial charge is 0.354 e. The summed E-state index contributed by atoms with van der Waals surface area (Å²) in [6, 6.07) is 1.66. The molecule has 0 spiro atoms. The summed E-state index contributed by atoms with van der Waals surface area (Å²) in [6.07, 6.45) is 34.5. The Kier molecular flexibility index (Phi) is 69.3.